The highest BCUT2D eigenvalue weighted by atomic mass is 79.9. The number of unbranched alkanes of at least 4 members (excludes halogenated alkanes) is 1. The molecule has 4 aromatic rings. The lowest BCUT2D eigenvalue weighted by Gasteiger charge is -2.11. The number of rotatable bonds is 7. The van der Waals surface area contributed by atoms with Gasteiger partial charge in [-0.1, -0.05) is 29.3 Å². The third-order valence-corrected chi connectivity index (χ3v) is 5.34. The molecule has 4 rings (SSSR count). The normalized spacial score (nSPS) is 11.0. The van der Waals surface area contributed by atoms with Gasteiger partial charge in [-0.05, 0) is 53.2 Å². The number of fused-ring (bicyclic) bond motifs is 1. The highest BCUT2D eigenvalue weighted by Crippen LogP contribution is 2.30. The van der Waals surface area contributed by atoms with Crippen LogP contribution in [0.1, 0.15) is 30.3 Å². The molecule has 2 aromatic carbocycles. The SMILES string of the molecule is CCCCOc1ccc2cc(C(=O)Nc3ccc(Br)cc3-c3nnn[nH]3)n(C)c2c1. The van der Waals surface area contributed by atoms with E-state index in [1.807, 2.05) is 54.1 Å². The van der Waals surface area contributed by atoms with Crippen molar-refractivity contribution in [2.24, 2.45) is 7.05 Å². The summed E-state index contributed by atoms with van der Waals surface area (Å²) in [5.41, 5.74) is 2.77. The van der Waals surface area contributed by atoms with Gasteiger partial charge in [0, 0.05) is 28.5 Å². The molecule has 0 aliphatic heterocycles. The van der Waals surface area contributed by atoms with Crippen LogP contribution >= 0.6 is 15.9 Å². The molecule has 8 nitrogen and oxygen atoms in total. The maximum absolute atomic E-state index is 13.1. The van der Waals surface area contributed by atoms with Crippen LogP contribution in [0.15, 0.2) is 46.9 Å². The fourth-order valence-corrected chi connectivity index (χ4v) is 3.59. The first kappa shape index (κ1) is 20.1. The van der Waals surface area contributed by atoms with Gasteiger partial charge in [-0.25, -0.2) is 5.10 Å². The number of amides is 1. The number of nitrogens with zero attached hydrogens (tertiary/aromatic N) is 4. The number of aromatic amines is 1. The monoisotopic (exact) mass is 468 g/mol. The number of nitrogens with one attached hydrogen (secondary N) is 2. The van der Waals surface area contributed by atoms with Crippen molar-refractivity contribution in [2.45, 2.75) is 19.8 Å². The number of aryl methyl sites for hydroxylation is 1. The third-order valence-electron chi connectivity index (χ3n) is 4.85. The lowest BCUT2D eigenvalue weighted by molar-refractivity contribution is 0.102. The fraction of sp³-hybridized carbons (Fsp3) is 0.238. The Hall–Kier alpha value is -3.20. The molecule has 9 heteroatoms. The number of anilines is 1. The van der Waals surface area contributed by atoms with Crippen LogP contribution in [0.25, 0.3) is 22.3 Å². The lowest BCUT2D eigenvalue weighted by atomic mass is 10.1. The third kappa shape index (κ3) is 4.06. The molecule has 0 fully saturated rings. The van der Waals surface area contributed by atoms with Crippen LogP contribution in [0.2, 0.25) is 0 Å². The van der Waals surface area contributed by atoms with E-state index in [4.69, 9.17) is 4.74 Å². The summed E-state index contributed by atoms with van der Waals surface area (Å²) in [5.74, 6) is 1.05. The number of benzene rings is 2. The zero-order chi connectivity index (χ0) is 21.1. The zero-order valence-electron chi connectivity index (χ0n) is 16.6. The van der Waals surface area contributed by atoms with E-state index in [1.54, 1.807) is 0 Å². The van der Waals surface area contributed by atoms with Crippen molar-refractivity contribution < 1.29 is 9.53 Å². The molecule has 2 heterocycles. The molecule has 0 spiro atoms. The van der Waals surface area contributed by atoms with E-state index >= 15 is 0 Å². The van der Waals surface area contributed by atoms with Gasteiger partial charge in [0.25, 0.3) is 5.91 Å². The molecule has 0 unspecified atom stereocenters. The Morgan fingerprint density at radius 3 is 2.87 bits per heavy atom. The highest BCUT2D eigenvalue weighted by molar-refractivity contribution is 9.10. The molecule has 0 aliphatic carbocycles. The zero-order valence-corrected chi connectivity index (χ0v) is 18.2. The number of aromatic nitrogens is 5. The highest BCUT2D eigenvalue weighted by Gasteiger charge is 2.17. The second-order valence-electron chi connectivity index (χ2n) is 6.91. The van der Waals surface area contributed by atoms with E-state index in [9.17, 15) is 4.79 Å². The minimum Gasteiger partial charge on any atom is -0.494 e. The van der Waals surface area contributed by atoms with Gasteiger partial charge >= 0.3 is 0 Å². The van der Waals surface area contributed by atoms with Crippen molar-refractivity contribution >= 4 is 38.4 Å². The average molecular weight is 469 g/mol. The predicted octanol–water partition coefficient (Wildman–Crippen LogP) is 4.55. The molecule has 30 heavy (non-hydrogen) atoms. The standard InChI is InChI=1S/C21H21BrN6O2/c1-3-4-9-30-15-7-5-13-10-19(28(2)18(13)12-15)21(29)23-17-8-6-14(22)11-16(17)20-24-26-27-25-20/h5-8,10-12H,3-4,9H2,1-2H3,(H,23,29)(H,24,25,26,27). The first-order valence-electron chi connectivity index (χ1n) is 9.64. The van der Waals surface area contributed by atoms with Gasteiger partial charge < -0.3 is 14.6 Å². The van der Waals surface area contributed by atoms with E-state index in [0.717, 1.165) is 34.0 Å². The van der Waals surface area contributed by atoms with Gasteiger partial charge in [0.2, 0.25) is 0 Å². The predicted molar refractivity (Wildman–Crippen MR) is 119 cm³/mol. The molecular formula is C21H21BrN6O2. The number of carbonyl (C=O) groups is 1. The largest absolute Gasteiger partial charge is 0.494 e. The smallest absolute Gasteiger partial charge is 0.272 e. The van der Waals surface area contributed by atoms with Crippen LogP contribution in [0.4, 0.5) is 5.69 Å². The van der Waals surface area contributed by atoms with E-state index in [1.165, 1.54) is 0 Å². The quantitative estimate of drug-likeness (QED) is 0.387. The van der Waals surface area contributed by atoms with Gasteiger partial charge in [-0.15, -0.1) is 5.10 Å². The van der Waals surface area contributed by atoms with Gasteiger partial charge in [-0.3, -0.25) is 4.79 Å². The first-order chi connectivity index (χ1) is 14.6. The van der Waals surface area contributed by atoms with Crippen molar-refractivity contribution in [3.05, 3.63) is 52.6 Å². The number of hydrogen-bond acceptors (Lipinski definition) is 5. The summed E-state index contributed by atoms with van der Waals surface area (Å²) >= 11 is 3.45. The molecule has 1 amide bonds. The lowest BCUT2D eigenvalue weighted by Crippen LogP contribution is -2.16. The number of carbonyl (C=O) groups excluding carboxylic acids is 1. The number of tetrazole rings is 1. The summed E-state index contributed by atoms with van der Waals surface area (Å²) in [7, 11) is 1.87. The summed E-state index contributed by atoms with van der Waals surface area (Å²) in [6.45, 7) is 2.81. The molecule has 0 saturated carbocycles. The molecule has 2 aromatic heterocycles. The number of H-pyrrole nitrogens is 1. The Kier molecular flexibility index (Phi) is 5.80. The van der Waals surface area contributed by atoms with Gasteiger partial charge in [-0.2, -0.15) is 0 Å². The average Bonchev–Trinajstić information content (AvgIpc) is 3.38. The minimum absolute atomic E-state index is 0.224. The van der Waals surface area contributed by atoms with Gasteiger partial charge in [0.15, 0.2) is 5.82 Å². The molecule has 0 saturated heterocycles. The Balaban J connectivity index is 1.62. The van der Waals surface area contributed by atoms with Crippen LogP contribution < -0.4 is 10.1 Å². The summed E-state index contributed by atoms with van der Waals surface area (Å²) in [6, 6.07) is 13.2. The van der Waals surface area contributed by atoms with Crippen molar-refractivity contribution in [1.29, 1.82) is 0 Å². The van der Waals surface area contributed by atoms with Crippen molar-refractivity contribution in [1.82, 2.24) is 25.2 Å². The van der Waals surface area contributed by atoms with Crippen LogP contribution in [0.5, 0.6) is 5.75 Å². The topological polar surface area (TPSA) is 97.7 Å². The van der Waals surface area contributed by atoms with Crippen LogP contribution in [-0.4, -0.2) is 37.7 Å². The molecule has 154 valence electrons. The molecule has 0 aliphatic rings. The molecule has 0 radical (unpaired) electrons. The molecule has 0 bridgehead atoms. The molecular weight excluding hydrogens is 448 g/mol. The van der Waals surface area contributed by atoms with E-state index in [2.05, 4.69) is 48.8 Å². The van der Waals surface area contributed by atoms with E-state index in [-0.39, 0.29) is 5.91 Å². The second kappa shape index (κ2) is 8.66. The first-order valence-corrected chi connectivity index (χ1v) is 10.4. The molecule has 2 N–H and O–H groups in total. The summed E-state index contributed by atoms with van der Waals surface area (Å²) in [4.78, 5) is 13.1. The Morgan fingerprint density at radius 2 is 2.10 bits per heavy atom. The fourth-order valence-electron chi connectivity index (χ4n) is 3.23. The second-order valence-corrected chi connectivity index (χ2v) is 7.82. The Bertz CT molecular complexity index is 1190. The van der Waals surface area contributed by atoms with E-state index in [0.29, 0.717) is 29.4 Å². The Labute approximate surface area is 181 Å². The molecule has 0 atom stereocenters. The number of halogens is 1. The maximum atomic E-state index is 13.1. The summed E-state index contributed by atoms with van der Waals surface area (Å²) < 4.78 is 8.52. The van der Waals surface area contributed by atoms with Crippen molar-refractivity contribution in [3.8, 4) is 17.1 Å². The van der Waals surface area contributed by atoms with Crippen molar-refractivity contribution in [3.63, 3.8) is 0 Å². The van der Waals surface area contributed by atoms with Crippen LogP contribution in [-0.2, 0) is 7.05 Å². The Morgan fingerprint density at radius 1 is 1.23 bits per heavy atom. The summed E-state index contributed by atoms with van der Waals surface area (Å²) in [5, 5.41) is 17.9. The van der Waals surface area contributed by atoms with Crippen LogP contribution in [0.3, 0.4) is 0 Å². The minimum atomic E-state index is -0.224. The van der Waals surface area contributed by atoms with Crippen LogP contribution in [0, 0.1) is 0 Å². The number of hydrogen-bond donors (Lipinski definition) is 2. The van der Waals surface area contributed by atoms with Crippen molar-refractivity contribution in [2.75, 3.05) is 11.9 Å². The van der Waals surface area contributed by atoms with Gasteiger partial charge in [0.05, 0.1) is 17.8 Å². The summed E-state index contributed by atoms with van der Waals surface area (Å²) in [6.07, 6.45) is 2.09. The van der Waals surface area contributed by atoms with E-state index < -0.39 is 0 Å². The van der Waals surface area contributed by atoms with Gasteiger partial charge in [0.1, 0.15) is 11.4 Å². The maximum Gasteiger partial charge on any atom is 0.272 e. The number of ether oxygens (including phenoxy) is 1.